The van der Waals surface area contributed by atoms with Gasteiger partial charge in [0.15, 0.2) is 35.4 Å². The number of nitrogens with zero attached hydrogens (tertiary/aromatic N) is 8. The average Bonchev–Trinajstić information content (AvgIpc) is 1.62. The number of hydrogen-bond acceptors (Lipinski definition) is 42. The van der Waals surface area contributed by atoms with E-state index in [1.807, 2.05) is 27.7 Å². The summed E-state index contributed by atoms with van der Waals surface area (Å²) in [6.45, 7) is 6.74. The summed E-state index contributed by atoms with van der Waals surface area (Å²) in [5.41, 5.74) is 8.91. The van der Waals surface area contributed by atoms with Crippen LogP contribution in [-0.4, -0.2) is 196 Å². The number of nitrogens with one attached hydrogen (secondary N) is 4. The first-order valence-electron chi connectivity index (χ1n) is 37.4. The van der Waals surface area contributed by atoms with Gasteiger partial charge in [-0.3, -0.25) is 56.2 Å². The highest BCUT2D eigenvalue weighted by molar-refractivity contribution is 7.60. The maximum absolute atomic E-state index is 13.2. The number of unbranched alkanes of at least 4 members (excludes halogenated alkanes) is 4. The normalized spacial score (nSPS) is 21.4. The standard InChI is InChI=1S/C66H106N14O34P6/c1-63(2,43(81)21-27-69-45(83)23-29-71-59(89)53(87)65(5,6)33-107-119(101,102)113-117(97,98)105-31-41-51(111-115(91,92)93)49(85)61(109-41)79-37-77-47-55(67)73-35-75-57(47)79)25-13-10-9-11-15-39-17-19-40(20-18-39)16-12-14-26-64(3,4)44(82)22-28-70-46(84)24-30-72-60(90)54(88)66(7,8)34-108-120(103,104)114-118(99,100)106-32-42-52(112-116(94,95)96)50(86)62(110-42)80-38-78-48-56(68)74-36-76-58(48)80/h17-20,35-38,41-42,49-54,61-62,85-88H,9-16,21-34H2,1-8H3,(H,69,83)(H,70,84)(H,71,89)(H,72,90)(H,97,98)(H,99,100)(H,101,102)(H,103,104)(H2,67,73,75)(H2,68,74,76)(H2,91,92,93)(H2,94,95,96)/p-8. The van der Waals surface area contributed by atoms with Gasteiger partial charge in [-0.15, -0.1) is 0 Å². The zero-order valence-corrected chi connectivity index (χ0v) is 71.8. The van der Waals surface area contributed by atoms with Crippen LogP contribution in [-0.2, 0) is 114 Å². The summed E-state index contributed by atoms with van der Waals surface area (Å²) in [4.78, 5) is 198. The Kier molecular flexibility index (Phi) is 35.7. The van der Waals surface area contributed by atoms with Crippen molar-refractivity contribution in [1.82, 2.24) is 60.3 Å². The van der Waals surface area contributed by atoms with Crippen molar-refractivity contribution in [3.05, 3.63) is 60.7 Å². The molecule has 2 saturated heterocycles. The molecule has 14 unspecified atom stereocenters. The smallest absolute Gasteiger partial charge is 0.274 e. The first kappa shape index (κ1) is 101. The maximum atomic E-state index is 13.2. The number of amides is 4. The number of carbonyl (C=O) groups excluding carboxylic acids is 6. The Hall–Kier alpha value is -6.36. The molecule has 0 spiro atoms. The molecular formula is C66H98N14O34P6-8. The van der Waals surface area contributed by atoms with Gasteiger partial charge < -0.3 is 138 Å². The minimum absolute atomic E-state index is 0.00578. The van der Waals surface area contributed by atoms with E-state index in [4.69, 9.17) is 20.9 Å². The lowest BCUT2D eigenvalue weighted by Crippen LogP contribution is -2.46. The third-order valence-electron chi connectivity index (χ3n) is 19.5. The van der Waals surface area contributed by atoms with E-state index in [2.05, 4.69) is 111 Å². The number of aliphatic hydroxyl groups is 4. The zero-order valence-electron chi connectivity index (χ0n) is 66.4. The van der Waals surface area contributed by atoms with Gasteiger partial charge in [0, 0.05) is 73.5 Å². The minimum atomic E-state index is -5.99. The number of hydrogen-bond donors (Lipinski definition) is 10. The molecule has 2 fully saturated rings. The number of ether oxygens (including phenoxy) is 2. The number of nitrogens with two attached hydrogens (primary N) is 2. The molecule has 2 aliphatic heterocycles. The van der Waals surface area contributed by atoms with Gasteiger partial charge >= 0.3 is 0 Å². The quantitative estimate of drug-likeness (QED) is 0.0144. The lowest BCUT2D eigenvalue weighted by Gasteiger charge is -2.36. The summed E-state index contributed by atoms with van der Waals surface area (Å²) in [5, 5.41) is 53.2. The number of benzene rings is 1. The molecule has 4 amide bonds. The molecule has 0 aliphatic carbocycles. The van der Waals surface area contributed by atoms with E-state index in [1.54, 1.807) is 0 Å². The monoisotopic (exact) mass is 1820 g/mol. The van der Waals surface area contributed by atoms with Crippen LogP contribution >= 0.6 is 46.9 Å². The number of aryl methyl sites for hydroxylation is 2. The summed E-state index contributed by atoms with van der Waals surface area (Å²) in [6.07, 6.45) is -7.84. The van der Waals surface area contributed by atoms with Crippen molar-refractivity contribution in [2.24, 2.45) is 21.7 Å². The topological polar surface area (TPSA) is 750 Å². The zero-order chi connectivity index (χ0) is 89.4. The van der Waals surface area contributed by atoms with E-state index in [0.717, 1.165) is 91.4 Å². The molecule has 54 heteroatoms. The van der Waals surface area contributed by atoms with Gasteiger partial charge in [0.05, 0.1) is 54.7 Å². The van der Waals surface area contributed by atoms with Gasteiger partial charge in [0.1, 0.15) is 84.1 Å². The number of anilines is 2. The van der Waals surface area contributed by atoms with Crippen LogP contribution in [0.15, 0.2) is 49.6 Å². The molecule has 5 aromatic rings. The van der Waals surface area contributed by atoms with Crippen molar-refractivity contribution < 1.29 is 161 Å². The molecule has 674 valence electrons. The van der Waals surface area contributed by atoms with E-state index < -0.39 is 180 Å². The van der Waals surface area contributed by atoms with E-state index >= 15 is 0 Å². The van der Waals surface area contributed by atoms with Crippen LogP contribution in [0.25, 0.3) is 22.3 Å². The molecule has 0 saturated carbocycles. The van der Waals surface area contributed by atoms with Crippen molar-refractivity contribution in [2.45, 2.75) is 207 Å². The van der Waals surface area contributed by atoms with Crippen molar-refractivity contribution in [1.29, 1.82) is 0 Å². The number of fused-ring (bicyclic) bond motifs is 2. The first-order chi connectivity index (χ1) is 55.6. The van der Waals surface area contributed by atoms with Gasteiger partial charge in [-0.25, -0.2) is 38.5 Å². The Morgan fingerprint density at radius 3 is 1.18 bits per heavy atom. The number of Topliss-reactive ketones (excluding diaryl/α,β-unsaturated/α-hetero) is 2. The number of phosphoric ester groups is 6. The second kappa shape index (κ2) is 42.6. The molecule has 0 bridgehead atoms. The fourth-order valence-corrected chi connectivity index (χ4v) is 17.9. The molecule has 14 atom stereocenters. The van der Waals surface area contributed by atoms with Gasteiger partial charge in [-0.1, -0.05) is 105 Å². The number of carbonyl (C=O) groups is 6. The molecule has 4 aromatic heterocycles. The molecule has 2 aliphatic rings. The second-order valence-electron chi connectivity index (χ2n) is 31.0. The van der Waals surface area contributed by atoms with Crippen molar-refractivity contribution in [2.75, 3.05) is 64.1 Å². The van der Waals surface area contributed by atoms with Crippen molar-refractivity contribution in [3.8, 4) is 0 Å². The largest absolute Gasteiger partial charge is 0.790 e. The lowest BCUT2D eigenvalue weighted by atomic mass is 9.81. The molecule has 48 nitrogen and oxygen atoms in total. The van der Waals surface area contributed by atoms with Crippen molar-refractivity contribution in [3.63, 3.8) is 0 Å². The molecule has 120 heavy (non-hydrogen) atoms. The van der Waals surface area contributed by atoms with Crippen LogP contribution in [0.4, 0.5) is 11.6 Å². The molecule has 12 N–H and O–H groups in total. The van der Waals surface area contributed by atoms with Crippen LogP contribution in [0.1, 0.15) is 156 Å². The SMILES string of the molecule is CC(C)(CCCCCCc1ccc(CCCCC(C)(C)C(=O)CCNC(=O)CCNC(=O)C(O)C(C)(C)COP(=O)([O-])OP(=O)([O-])OCC2OC(n3cnc4c(N)ncnc43)C(O)C2OP(=O)([O-])[O-])cc1)C(=O)CCNC(=O)CCNC(=O)C(O)C(C)(C)COP(=O)([O-])OP(=O)([O-])OCC1OC(n2cnc3c(N)ncnc32)C(O)C1OP(=O)([O-])[O-]. The average molecular weight is 1820 g/mol. The van der Waals surface area contributed by atoms with E-state index in [1.165, 1.54) is 33.3 Å². The van der Waals surface area contributed by atoms with E-state index in [0.29, 0.717) is 12.8 Å². The number of aromatic nitrogens is 8. The van der Waals surface area contributed by atoms with Crippen LogP contribution in [0, 0.1) is 21.7 Å². The number of phosphoric acid groups is 6. The number of nitrogen functional groups attached to an aromatic ring is 2. The fourth-order valence-electron chi connectivity index (χ4n) is 12.4. The second-order valence-corrected chi connectivity index (χ2v) is 39.1. The highest BCUT2D eigenvalue weighted by Crippen LogP contribution is 2.58. The number of aliphatic hydroxyl groups excluding tert-OH is 4. The van der Waals surface area contributed by atoms with E-state index in [-0.39, 0.29) is 97.4 Å². The molecule has 0 radical (unpaired) electrons. The van der Waals surface area contributed by atoms with Gasteiger partial charge in [0.25, 0.3) is 31.3 Å². The number of rotatable bonds is 52. The Morgan fingerprint density at radius 2 is 0.817 bits per heavy atom. The third-order valence-corrected chi connectivity index (χ3v) is 25.5. The number of ketones is 2. The van der Waals surface area contributed by atoms with Crippen LogP contribution in [0.2, 0.25) is 0 Å². The first-order valence-corrected chi connectivity index (χ1v) is 46.2. The summed E-state index contributed by atoms with van der Waals surface area (Å²) in [7, 11) is -35.6. The molecular weight excluding hydrogens is 1720 g/mol. The highest BCUT2D eigenvalue weighted by Gasteiger charge is 2.50. The lowest BCUT2D eigenvalue weighted by molar-refractivity contribution is -0.348. The summed E-state index contributed by atoms with van der Waals surface area (Å²) in [5.74, 6) is -3.55. The molecule has 6 heterocycles. The summed E-state index contributed by atoms with van der Waals surface area (Å²) < 4.78 is 123. The predicted molar refractivity (Wildman–Crippen MR) is 399 cm³/mol. The van der Waals surface area contributed by atoms with Crippen LogP contribution < -0.4 is 71.9 Å². The van der Waals surface area contributed by atoms with Crippen molar-refractivity contribution >= 4 is 116 Å². The van der Waals surface area contributed by atoms with Crippen LogP contribution in [0.5, 0.6) is 0 Å². The van der Waals surface area contributed by atoms with Crippen LogP contribution in [0.3, 0.4) is 0 Å². The Balaban J connectivity index is 0.686. The minimum Gasteiger partial charge on any atom is -0.790 e. The van der Waals surface area contributed by atoms with E-state index in [9.17, 15) is 116 Å². The Morgan fingerprint density at radius 1 is 0.483 bits per heavy atom. The Bertz CT molecular complexity index is 4660. The van der Waals surface area contributed by atoms with Gasteiger partial charge in [-0.05, 0) is 49.7 Å². The highest BCUT2D eigenvalue weighted by atomic mass is 31.3. The third kappa shape index (κ3) is 30.5. The predicted octanol–water partition coefficient (Wildman–Crippen LogP) is -2.36. The van der Waals surface area contributed by atoms with Gasteiger partial charge in [0.2, 0.25) is 23.6 Å². The molecule has 7 rings (SSSR count). The van der Waals surface area contributed by atoms with Gasteiger partial charge in [-0.2, -0.15) is 0 Å². The maximum Gasteiger partial charge on any atom is 0.274 e. The summed E-state index contributed by atoms with van der Waals surface area (Å²) >= 11 is 0. The summed E-state index contributed by atoms with van der Waals surface area (Å²) in [6, 6.07) is 8.33. The number of imidazole rings is 2. The Labute approximate surface area is 687 Å². The molecule has 1 aromatic carbocycles. The fraction of sp³-hybridized carbons (Fsp3) is 0.667.